The Kier molecular flexibility index (Phi) is 5.97. The number of aliphatic imine (C=N–C) groups is 1. The van der Waals surface area contributed by atoms with Crippen molar-refractivity contribution >= 4 is 28.8 Å². The number of nitrogens with zero attached hydrogens (tertiary/aromatic N) is 6. The quantitative estimate of drug-likeness (QED) is 0.589. The van der Waals surface area contributed by atoms with Crippen LogP contribution in [0.2, 0.25) is 0 Å². The lowest BCUT2D eigenvalue weighted by Crippen LogP contribution is -2.45. The van der Waals surface area contributed by atoms with Gasteiger partial charge in [0.2, 0.25) is 18.3 Å². The molecule has 2 atom stereocenters. The van der Waals surface area contributed by atoms with Gasteiger partial charge in [0.25, 0.3) is 0 Å². The lowest BCUT2D eigenvalue weighted by Gasteiger charge is -2.29. The van der Waals surface area contributed by atoms with E-state index in [1.54, 1.807) is 22.7 Å². The van der Waals surface area contributed by atoms with Gasteiger partial charge in [0, 0.05) is 43.4 Å². The van der Waals surface area contributed by atoms with Gasteiger partial charge in [-0.3, -0.25) is 14.8 Å². The third-order valence-electron chi connectivity index (χ3n) is 6.67. The topological polar surface area (TPSA) is 87.8 Å². The predicted octanol–water partition coefficient (Wildman–Crippen LogP) is 4.13. The molecule has 5 heterocycles. The Balaban J connectivity index is 1.38. The van der Waals surface area contributed by atoms with E-state index in [1.165, 1.54) is 0 Å². The lowest BCUT2D eigenvalue weighted by atomic mass is 9.90. The van der Waals surface area contributed by atoms with Crippen molar-refractivity contribution in [2.24, 2.45) is 10.9 Å². The first kappa shape index (κ1) is 22.4. The van der Waals surface area contributed by atoms with Gasteiger partial charge in [0.1, 0.15) is 6.04 Å². The zero-order chi connectivity index (χ0) is 23.8. The molecule has 0 unspecified atom stereocenters. The minimum absolute atomic E-state index is 0.0199. The number of nitrogens with one attached hydrogen (secondary N) is 1. The van der Waals surface area contributed by atoms with Crippen LogP contribution in [0.3, 0.4) is 0 Å². The Labute approximate surface area is 196 Å². The highest BCUT2D eigenvalue weighted by Gasteiger charge is 2.27. The molecule has 1 N–H and O–H groups in total. The van der Waals surface area contributed by atoms with Crippen molar-refractivity contribution in [3.63, 3.8) is 0 Å². The first-order chi connectivity index (χ1) is 16.4. The highest BCUT2D eigenvalue weighted by Crippen LogP contribution is 2.33. The first-order valence-electron chi connectivity index (χ1n) is 11.6. The standard InChI is InChI=1S/C24H27F2N7O/c1-14-15(5-8-22(25)26)12-20-18(28-14)7-6-17(29-20)16-9-11-33-21(16)13-27-24(31-33)30-19-4-3-10-32(2)23(19)34/h6-7,9,11,13,15,19,22H,3-5,8,10,12H2,1-2H3,(H,30,31)/t15-,19-/m0/s1. The smallest absolute Gasteiger partial charge is 0.244 e. The van der Waals surface area contributed by atoms with Gasteiger partial charge in [-0.1, -0.05) is 0 Å². The fraction of sp³-hybridized carbons (Fsp3) is 0.458. The van der Waals surface area contributed by atoms with Gasteiger partial charge in [0.05, 0.1) is 28.8 Å². The summed E-state index contributed by atoms with van der Waals surface area (Å²) in [6.07, 6.45) is 3.80. The number of amides is 1. The normalized spacial score (nSPS) is 20.6. The molecule has 1 amide bonds. The molecule has 178 valence electrons. The number of carbonyl (C=O) groups excluding carboxylic acids is 1. The molecule has 1 fully saturated rings. The Morgan fingerprint density at radius 3 is 2.94 bits per heavy atom. The van der Waals surface area contributed by atoms with Crippen molar-refractivity contribution in [3.05, 3.63) is 36.3 Å². The van der Waals surface area contributed by atoms with Crippen LogP contribution in [0.5, 0.6) is 0 Å². The second-order valence-electron chi connectivity index (χ2n) is 9.02. The van der Waals surface area contributed by atoms with Gasteiger partial charge in [-0.25, -0.2) is 18.3 Å². The number of pyridine rings is 1. The number of aromatic nitrogens is 4. The zero-order valence-corrected chi connectivity index (χ0v) is 19.2. The van der Waals surface area contributed by atoms with E-state index in [4.69, 9.17) is 4.98 Å². The number of rotatable bonds is 6. The minimum atomic E-state index is -2.31. The molecule has 0 saturated carbocycles. The number of halogens is 2. The van der Waals surface area contributed by atoms with E-state index in [-0.39, 0.29) is 24.3 Å². The van der Waals surface area contributed by atoms with Crippen LogP contribution in [0.15, 0.2) is 35.6 Å². The van der Waals surface area contributed by atoms with Crippen LogP contribution >= 0.6 is 0 Å². The molecule has 0 radical (unpaired) electrons. The van der Waals surface area contributed by atoms with Crippen molar-refractivity contribution in [1.29, 1.82) is 0 Å². The first-order valence-corrected chi connectivity index (χ1v) is 11.6. The van der Waals surface area contributed by atoms with E-state index in [9.17, 15) is 13.6 Å². The van der Waals surface area contributed by atoms with E-state index in [0.717, 1.165) is 53.3 Å². The van der Waals surface area contributed by atoms with Gasteiger partial charge in [-0.05, 0) is 50.8 Å². The van der Waals surface area contributed by atoms with Gasteiger partial charge < -0.3 is 10.2 Å². The van der Waals surface area contributed by atoms with E-state index in [2.05, 4.69) is 20.4 Å². The molecule has 2 aliphatic rings. The zero-order valence-electron chi connectivity index (χ0n) is 19.2. The second-order valence-corrected chi connectivity index (χ2v) is 9.02. The van der Waals surface area contributed by atoms with Gasteiger partial charge in [-0.15, -0.1) is 5.10 Å². The minimum Gasteiger partial charge on any atom is -0.344 e. The lowest BCUT2D eigenvalue weighted by molar-refractivity contribution is -0.132. The molecular formula is C24H27F2N7O. The van der Waals surface area contributed by atoms with Crippen molar-refractivity contribution in [2.75, 3.05) is 18.9 Å². The highest BCUT2D eigenvalue weighted by atomic mass is 19.3. The SMILES string of the molecule is CC1=Nc2ccc(-c3ccn4nc(N[C@H]5CCCN(C)C5=O)ncc34)nc2C[C@@H]1CCC(F)F. The number of fused-ring (bicyclic) bond motifs is 2. The Morgan fingerprint density at radius 1 is 1.26 bits per heavy atom. The van der Waals surface area contributed by atoms with Crippen LogP contribution in [0.1, 0.15) is 38.3 Å². The molecule has 0 aliphatic carbocycles. The maximum atomic E-state index is 12.7. The molecule has 8 nitrogen and oxygen atoms in total. The van der Waals surface area contributed by atoms with Crippen LogP contribution in [0.25, 0.3) is 16.8 Å². The molecule has 3 aromatic rings. The maximum Gasteiger partial charge on any atom is 0.244 e. The van der Waals surface area contributed by atoms with Gasteiger partial charge >= 0.3 is 0 Å². The van der Waals surface area contributed by atoms with Crippen molar-refractivity contribution in [2.45, 2.75) is 51.5 Å². The average molecular weight is 468 g/mol. The third kappa shape index (κ3) is 4.36. The number of likely N-dealkylation sites (tertiary alicyclic amines) is 1. The third-order valence-corrected chi connectivity index (χ3v) is 6.67. The van der Waals surface area contributed by atoms with E-state index < -0.39 is 6.43 Å². The molecular weight excluding hydrogens is 440 g/mol. The number of likely N-dealkylation sites (N-methyl/N-ethyl adjacent to an activating group) is 1. The predicted molar refractivity (Wildman–Crippen MR) is 126 cm³/mol. The second kappa shape index (κ2) is 9.08. The van der Waals surface area contributed by atoms with Crippen LogP contribution < -0.4 is 5.32 Å². The molecule has 10 heteroatoms. The van der Waals surface area contributed by atoms with Crippen LogP contribution in [-0.2, 0) is 11.2 Å². The van der Waals surface area contributed by atoms with Crippen molar-refractivity contribution < 1.29 is 13.6 Å². The van der Waals surface area contributed by atoms with Crippen LogP contribution in [0, 0.1) is 5.92 Å². The number of anilines is 1. The number of hydrogen-bond acceptors (Lipinski definition) is 6. The number of piperidine rings is 1. The molecule has 2 aliphatic heterocycles. The van der Waals surface area contributed by atoms with Crippen LogP contribution in [-0.4, -0.2) is 62.2 Å². The number of carbonyl (C=O) groups is 1. The summed E-state index contributed by atoms with van der Waals surface area (Å²) in [6.45, 7) is 2.67. The van der Waals surface area contributed by atoms with E-state index in [0.29, 0.717) is 18.8 Å². The van der Waals surface area contributed by atoms with Crippen molar-refractivity contribution in [1.82, 2.24) is 24.5 Å². The Bertz CT molecular complexity index is 1260. The summed E-state index contributed by atoms with van der Waals surface area (Å²) in [7, 11) is 1.80. The van der Waals surface area contributed by atoms with Crippen molar-refractivity contribution in [3.8, 4) is 11.3 Å². The monoisotopic (exact) mass is 467 g/mol. The molecule has 1 saturated heterocycles. The summed E-state index contributed by atoms with van der Waals surface area (Å²) < 4.78 is 27.1. The number of alkyl halides is 2. The van der Waals surface area contributed by atoms with Gasteiger partial charge in [-0.2, -0.15) is 0 Å². The summed E-state index contributed by atoms with van der Waals surface area (Å²) in [5.74, 6) is 0.424. The summed E-state index contributed by atoms with van der Waals surface area (Å²) in [6, 6.07) is 5.44. The summed E-state index contributed by atoms with van der Waals surface area (Å²) in [5.41, 5.74) is 4.92. The molecule has 0 spiro atoms. The van der Waals surface area contributed by atoms with E-state index in [1.807, 2.05) is 31.3 Å². The Hall–Kier alpha value is -3.43. The molecule has 34 heavy (non-hydrogen) atoms. The molecule has 0 bridgehead atoms. The fourth-order valence-electron chi connectivity index (χ4n) is 4.70. The maximum absolute atomic E-state index is 12.7. The summed E-state index contributed by atoms with van der Waals surface area (Å²) in [4.78, 5) is 28.0. The van der Waals surface area contributed by atoms with Gasteiger partial charge in [0.15, 0.2) is 0 Å². The molecule has 3 aromatic heterocycles. The number of hydrogen-bond donors (Lipinski definition) is 1. The molecule has 0 aromatic carbocycles. The fourth-order valence-corrected chi connectivity index (χ4v) is 4.70. The largest absolute Gasteiger partial charge is 0.344 e. The molecule has 5 rings (SSSR count). The van der Waals surface area contributed by atoms with Crippen LogP contribution in [0.4, 0.5) is 20.4 Å². The van der Waals surface area contributed by atoms with E-state index >= 15 is 0 Å². The Morgan fingerprint density at radius 2 is 2.12 bits per heavy atom. The average Bonchev–Trinajstić information content (AvgIpc) is 3.23. The summed E-state index contributed by atoms with van der Waals surface area (Å²) in [5, 5.41) is 7.68. The highest BCUT2D eigenvalue weighted by molar-refractivity contribution is 5.89. The summed E-state index contributed by atoms with van der Waals surface area (Å²) >= 11 is 0.